The summed E-state index contributed by atoms with van der Waals surface area (Å²) in [6, 6.07) is -1.13. The molecule has 0 amide bonds. The number of hydrogen-bond acceptors (Lipinski definition) is 17. The summed E-state index contributed by atoms with van der Waals surface area (Å²) in [4.78, 5) is 25.0. The normalized spacial score (nSPS) is 44.8. The molecule has 18 nitrogen and oxygen atoms in total. The third-order valence-corrected chi connectivity index (χ3v) is 11.7. The van der Waals surface area contributed by atoms with Gasteiger partial charge in [-0.05, 0) is 26.2 Å². The second-order valence-corrected chi connectivity index (χ2v) is 17.1. The van der Waals surface area contributed by atoms with Crippen molar-refractivity contribution in [2.45, 2.75) is 164 Å². The zero-order chi connectivity index (χ0) is 47.6. The first-order valence-electron chi connectivity index (χ1n) is 21.9. The standard InChI is InChI=1S/C46H71NO17/c1-27-16-14-12-10-8-6-4-5-7-9-11-13-15-17-33(63-45-43(57)41(47)37(54)26-61-45)23-38-40(44(58)59)36(53)25-46(60,64-38)24-32(50)21-35(52)34(51)19-18-30(48)20-31(49)22-39(55)62-29(3)28(2)42(27)56/h4-17,27-38,40-43,45,48-54,56-57,60H,18-26,47H2,1-3H3,(H,58,59)/b5-4+,8-6+,9-7+,12-10+,13-11+,16-14+,17-15+/t27-,28-,29-,30?,31?,32?,33?,34?,35?,36-,37?,38-,40?,41-,42?,43?,45?,46?/m0/s1. The Labute approximate surface area is 374 Å². The van der Waals surface area contributed by atoms with E-state index in [1.807, 2.05) is 19.1 Å². The van der Waals surface area contributed by atoms with Crippen LogP contribution in [0, 0.1) is 17.8 Å². The van der Waals surface area contributed by atoms with Gasteiger partial charge in [0.25, 0.3) is 0 Å². The van der Waals surface area contributed by atoms with E-state index in [1.165, 1.54) is 6.08 Å². The third kappa shape index (κ3) is 18.4. The van der Waals surface area contributed by atoms with Gasteiger partial charge in [-0.1, -0.05) is 98.9 Å². The number of fused-ring (bicyclic) bond motifs is 2. The molecule has 362 valence electrons. The molecule has 3 aliphatic heterocycles. The zero-order valence-electron chi connectivity index (χ0n) is 36.7. The number of rotatable bonds is 3. The highest BCUT2D eigenvalue weighted by Crippen LogP contribution is 2.38. The summed E-state index contributed by atoms with van der Waals surface area (Å²) in [6.45, 7) is 4.95. The molecule has 2 saturated heterocycles. The van der Waals surface area contributed by atoms with Crippen molar-refractivity contribution in [3.05, 3.63) is 85.1 Å². The molecule has 3 rings (SSSR count). The number of esters is 1. The topological polar surface area (TPSA) is 320 Å². The van der Waals surface area contributed by atoms with Crippen LogP contribution in [0.25, 0.3) is 0 Å². The first kappa shape index (κ1) is 54.9. The van der Waals surface area contributed by atoms with E-state index in [0.717, 1.165) is 0 Å². The molecule has 13 N–H and O–H groups in total. The minimum Gasteiger partial charge on any atom is -0.481 e. The fourth-order valence-corrected chi connectivity index (χ4v) is 7.72. The van der Waals surface area contributed by atoms with Crippen LogP contribution in [0.4, 0.5) is 0 Å². The van der Waals surface area contributed by atoms with Crippen molar-refractivity contribution in [2.24, 2.45) is 23.5 Å². The molecule has 0 spiro atoms. The highest BCUT2D eigenvalue weighted by molar-refractivity contribution is 5.71. The van der Waals surface area contributed by atoms with E-state index in [4.69, 9.17) is 24.7 Å². The molecule has 64 heavy (non-hydrogen) atoms. The Morgan fingerprint density at radius 1 is 0.688 bits per heavy atom. The molecule has 0 aromatic heterocycles. The Balaban J connectivity index is 1.84. The van der Waals surface area contributed by atoms with Crippen LogP contribution in [0.5, 0.6) is 0 Å². The summed E-state index contributed by atoms with van der Waals surface area (Å²) < 4.78 is 22.8. The number of nitrogens with two attached hydrogens (primary N) is 1. The average molecular weight is 910 g/mol. The Kier molecular flexibility index (Phi) is 23.4. The van der Waals surface area contributed by atoms with Crippen LogP contribution in [0.15, 0.2) is 85.1 Å². The van der Waals surface area contributed by atoms with Gasteiger partial charge < -0.3 is 80.9 Å². The lowest BCUT2D eigenvalue weighted by molar-refractivity contribution is -0.305. The molecule has 18 atom stereocenters. The predicted octanol–water partition coefficient (Wildman–Crippen LogP) is 0.323. The minimum absolute atomic E-state index is 0.106. The minimum atomic E-state index is -2.32. The lowest BCUT2D eigenvalue weighted by Gasteiger charge is -2.45. The van der Waals surface area contributed by atoms with Gasteiger partial charge in [-0.25, -0.2) is 0 Å². The Morgan fingerprint density at radius 3 is 1.86 bits per heavy atom. The number of aliphatic hydroxyl groups excluding tert-OH is 9. The average Bonchev–Trinajstić information content (AvgIpc) is 3.21. The Morgan fingerprint density at radius 2 is 1.27 bits per heavy atom. The molecule has 0 aliphatic carbocycles. The SMILES string of the molecule is C[C@@H]1OC(=O)CC(O)CC(O)CCC(O)C(O)CC(O)CC2(O)C[C@H](O)C(C(=O)O)[C@H](CC(OC3OCC(O)[C@H](N)C3O)/C=C/C=C/C=C/C=C/C=C/C=C/C=C/[C@H](C)C(O)[C@H]1C)O2. The lowest BCUT2D eigenvalue weighted by Crippen LogP contribution is -2.59. The summed E-state index contributed by atoms with van der Waals surface area (Å²) in [5.74, 6) is -6.81. The molecule has 0 aromatic rings. The number of allylic oxidation sites excluding steroid dienone is 12. The Bertz CT molecular complexity index is 1630. The largest absolute Gasteiger partial charge is 0.481 e. The number of hydrogen-bond donors (Lipinski definition) is 12. The van der Waals surface area contributed by atoms with Crippen LogP contribution in [-0.4, -0.2) is 166 Å². The van der Waals surface area contributed by atoms with Crippen LogP contribution in [-0.2, 0) is 28.5 Å². The summed E-state index contributed by atoms with van der Waals surface area (Å²) in [5.41, 5.74) is 5.93. The van der Waals surface area contributed by atoms with E-state index in [2.05, 4.69) is 0 Å². The molecule has 12 unspecified atom stereocenters. The highest BCUT2D eigenvalue weighted by atomic mass is 16.7. The smallest absolute Gasteiger partial charge is 0.311 e. The van der Waals surface area contributed by atoms with E-state index in [-0.39, 0.29) is 38.2 Å². The Hall–Kier alpha value is -3.44. The summed E-state index contributed by atoms with van der Waals surface area (Å²) in [6.07, 6.45) is 4.41. The van der Waals surface area contributed by atoms with Gasteiger partial charge in [0.2, 0.25) is 0 Å². The van der Waals surface area contributed by atoms with E-state index in [9.17, 15) is 65.8 Å². The molecular formula is C46H71NO17. The quantitative estimate of drug-likeness (QED) is 0.170. The zero-order valence-corrected chi connectivity index (χ0v) is 36.7. The molecule has 2 fully saturated rings. The second-order valence-electron chi connectivity index (χ2n) is 17.1. The van der Waals surface area contributed by atoms with E-state index >= 15 is 0 Å². The molecular weight excluding hydrogens is 838 g/mol. The number of aliphatic carboxylic acids is 1. The van der Waals surface area contributed by atoms with Gasteiger partial charge >= 0.3 is 11.9 Å². The number of aliphatic hydroxyl groups is 10. The molecule has 3 aliphatic rings. The first-order valence-corrected chi connectivity index (χ1v) is 21.9. The van der Waals surface area contributed by atoms with Gasteiger partial charge in [-0.15, -0.1) is 0 Å². The van der Waals surface area contributed by atoms with Crippen LogP contribution < -0.4 is 5.73 Å². The number of cyclic esters (lactones) is 1. The third-order valence-electron chi connectivity index (χ3n) is 11.7. The van der Waals surface area contributed by atoms with Crippen LogP contribution >= 0.6 is 0 Å². The van der Waals surface area contributed by atoms with Gasteiger partial charge in [0.05, 0.1) is 80.1 Å². The molecule has 0 radical (unpaired) electrons. The van der Waals surface area contributed by atoms with Gasteiger partial charge in [0.15, 0.2) is 12.1 Å². The second kappa shape index (κ2) is 27.3. The van der Waals surface area contributed by atoms with Crippen LogP contribution in [0.1, 0.15) is 72.1 Å². The highest BCUT2D eigenvalue weighted by Gasteiger charge is 2.50. The number of carbonyl (C=O) groups excluding carboxylic acids is 1. The maximum atomic E-state index is 12.6. The predicted molar refractivity (Wildman–Crippen MR) is 232 cm³/mol. The molecule has 3 heterocycles. The van der Waals surface area contributed by atoms with E-state index in [1.54, 1.807) is 80.7 Å². The van der Waals surface area contributed by atoms with E-state index < -0.39 is 141 Å². The fraction of sp³-hybridized carbons (Fsp3) is 0.652. The van der Waals surface area contributed by atoms with Crippen molar-refractivity contribution in [1.82, 2.24) is 0 Å². The number of carboxylic acids is 1. The molecule has 0 aromatic carbocycles. The lowest BCUT2D eigenvalue weighted by atomic mass is 9.82. The van der Waals surface area contributed by atoms with Gasteiger partial charge in [0, 0.05) is 37.5 Å². The van der Waals surface area contributed by atoms with Crippen molar-refractivity contribution in [2.75, 3.05) is 6.61 Å². The van der Waals surface area contributed by atoms with Crippen LogP contribution in [0.3, 0.4) is 0 Å². The van der Waals surface area contributed by atoms with Gasteiger partial charge in [-0.3, -0.25) is 9.59 Å². The molecule has 0 saturated carbocycles. The van der Waals surface area contributed by atoms with Crippen molar-refractivity contribution >= 4 is 11.9 Å². The fourth-order valence-electron chi connectivity index (χ4n) is 7.72. The van der Waals surface area contributed by atoms with Crippen LogP contribution in [0.2, 0.25) is 0 Å². The number of ether oxygens (including phenoxy) is 4. The van der Waals surface area contributed by atoms with E-state index in [0.29, 0.717) is 0 Å². The van der Waals surface area contributed by atoms with Crippen molar-refractivity contribution in [1.29, 1.82) is 0 Å². The molecule has 18 heteroatoms. The first-order chi connectivity index (χ1) is 30.2. The van der Waals surface area contributed by atoms with Crippen molar-refractivity contribution < 1.29 is 84.7 Å². The maximum Gasteiger partial charge on any atom is 0.311 e. The van der Waals surface area contributed by atoms with Crippen molar-refractivity contribution in [3.8, 4) is 0 Å². The monoisotopic (exact) mass is 909 g/mol. The molecule has 2 bridgehead atoms. The van der Waals surface area contributed by atoms with Crippen molar-refractivity contribution in [3.63, 3.8) is 0 Å². The number of carbonyl (C=O) groups is 2. The summed E-state index contributed by atoms with van der Waals surface area (Å²) in [5, 5.41) is 118. The summed E-state index contributed by atoms with van der Waals surface area (Å²) in [7, 11) is 0. The van der Waals surface area contributed by atoms with Gasteiger partial charge in [-0.2, -0.15) is 0 Å². The van der Waals surface area contributed by atoms with Gasteiger partial charge in [0.1, 0.15) is 18.1 Å². The number of carboxylic acid groups (broad SMARTS) is 1. The summed E-state index contributed by atoms with van der Waals surface area (Å²) >= 11 is 0. The maximum absolute atomic E-state index is 12.6.